The highest BCUT2D eigenvalue weighted by Gasteiger charge is 2.28. The number of rotatable bonds is 4. The van der Waals surface area contributed by atoms with Gasteiger partial charge in [-0.15, -0.1) is 0 Å². The van der Waals surface area contributed by atoms with Crippen molar-refractivity contribution in [2.24, 2.45) is 5.92 Å². The van der Waals surface area contributed by atoms with Crippen molar-refractivity contribution in [3.05, 3.63) is 59.5 Å². The lowest BCUT2D eigenvalue weighted by molar-refractivity contribution is 0.193. The number of piperidine rings is 1. The molecule has 2 atom stereocenters. The predicted molar refractivity (Wildman–Crippen MR) is 110 cm³/mol. The highest BCUT2D eigenvalue weighted by molar-refractivity contribution is 5.89. The molecule has 27 heavy (non-hydrogen) atoms. The standard InChI is InChI=1S/C22H27N5/c1-15-11-16(2)25-21-20(15)22(24-14-23-21)26-19-9-10-27(3)13-18(19)12-17-7-5-4-6-8-17/h4-8,11,14,18-19H,9-10,12-13H2,1-3H3,(H,23,24,25,26)/t18-,19+/m0/s1. The number of nitrogens with one attached hydrogen (secondary N) is 1. The molecule has 5 nitrogen and oxygen atoms in total. The van der Waals surface area contributed by atoms with E-state index in [0.717, 1.165) is 48.5 Å². The summed E-state index contributed by atoms with van der Waals surface area (Å²) >= 11 is 0. The first-order valence-electron chi connectivity index (χ1n) is 9.68. The molecule has 1 N–H and O–H groups in total. The Hall–Kier alpha value is -2.53. The second kappa shape index (κ2) is 7.61. The first-order chi connectivity index (χ1) is 13.1. The summed E-state index contributed by atoms with van der Waals surface area (Å²) in [4.78, 5) is 16.0. The van der Waals surface area contributed by atoms with E-state index in [2.05, 4.69) is 75.5 Å². The van der Waals surface area contributed by atoms with Gasteiger partial charge in [0, 0.05) is 18.3 Å². The molecule has 0 radical (unpaired) electrons. The van der Waals surface area contributed by atoms with Gasteiger partial charge < -0.3 is 10.2 Å². The van der Waals surface area contributed by atoms with Crippen LogP contribution in [0.3, 0.4) is 0 Å². The van der Waals surface area contributed by atoms with Crippen LogP contribution in [0.15, 0.2) is 42.7 Å². The lowest BCUT2D eigenvalue weighted by Gasteiger charge is -2.37. The molecule has 1 saturated heterocycles. The van der Waals surface area contributed by atoms with Crippen molar-refractivity contribution >= 4 is 16.9 Å². The highest BCUT2D eigenvalue weighted by Crippen LogP contribution is 2.28. The number of hydrogen-bond donors (Lipinski definition) is 1. The number of pyridine rings is 1. The van der Waals surface area contributed by atoms with Crippen molar-refractivity contribution in [2.45, 2.75) is 32.7 Å². The van der Waals surface area contributed by atoms with Crippen LogP contribution >= 0.6 is 0 Å². The fourth-order valence-corrected chi connectivity index (χ4v) is 4.22. The summed E-state index contributed by atoms with van der Waals surface area (Å²) in [5.74, 6) is 1.45. The molecule has 1 aliphatic rings. The van der Waals surface area contributed by atoms with Crippen molar-refractivity contribution in [3.63, 3.8) is 0 Å². The fourth-order valence-electron chi connectivity index (χ4n) is 4.22. The maximum atomic E-state index is 4.59. The maximum absolute atomic E-state index is 4.59. The maximum Gasteiger partial charge on any atom is 0.165 e. The Morgan fingerprint density at radius 3 is 2.78 bits per heavy atom. The monoisotopic (exact) mass is 361 g/mol. The number of fused-ring (bicyclic) bond motifs is 1. The van der Waals surface area contributed by atoms with Crippen LogP contribution in [0.4, 0.5) is 5.82 Å². The van der Waals surface area contributed by atoms with Gasteiger partial charge in [-0.25, -0.2) is 15.0 Å². The lowest BCUT2D eigenvalue weighted by Crippen LogP contribution is -2.45. The molecule has 5 heteroatoms. The first kappa shape index (κ1) is 17.9. The van der Waals surface area contributed by atoms with E-state index >= 15 is 0 Å². The second-order valence-electron chi connectivity index (χ2n) is 7.75. The fraction of sp³-hybridized carbons (Fsp3) is 0.409. The van der Waals surface area contributed by atoms with E-state index in [0.29, 0.717) is 12.0 Å². The van der Waals surface area contributed by atoms with Crippen LogP contribution < -0.4 is 5.32 Å². The zero-order valence-electron chi connectivity index (χ0n) is 16.3. The highest BCUT2D eigenvalue weighted by atomic mass is 15.1. The van der Waals surface area contributed by atoms with Gasteiger partial charge >= 0.3 is 0 Å². The molecule has 0 unspecified atom stereocenters. The second-order valence-corrected chi connectivity index (χ2v) is 7.75. The molecule has 0 spiro atoms. The number of aryl methyl sites for hydroxylation is 2. The number of anilines is 1. The van der Waals surface area contributed by atoms with Crippen LogP contribution in [0.25, 0.3) is 11.0 Å². The van der Waals surface area contributed by atoms with Gasteiger partial charge in [0.25, 0.3) is 0 Å². The van der Waals surface area contributed by atoms with E-state index in [-0.39, 0.29) is 0 Å². The largest absolute Gasteiger partial charge is 0.366 e. The minimum atomic E-state index is 0.389. The minimum absolute atomic E-state index is 0.389. The molecular weight excluding hydrogens is 334 g/mol. The van der Waals surface area contributed by atoms with Crippen molar-refractivity contribution in [1.29, 1.82) is 0 Å². The summed E-state index contributed by atoms with van der Waals surface area (Å²) in [6, 6.07) is 13.3. The number of nitrogens with zero attached hydrogens (tertiary/aromatic N) is 4. The minimum Gasteiger partial charge on any atom is -0.366 e. The van der Waals surface area contributed by atoms with Gasteiger partial charge in [-0.2, -0.15) is 0 Å². The number of hydrogen-bond acceptors (Lipinski definition) is 5. The summed E-state index contributed by atoms with van der Waals surface area (Å²) in [5, 5.41) is 4.80. The van der Waals surface area contributed by atoms with Crippen LogP contribution in [-0.2, 0) is 6.42 Å². The molecule has 0 saturated carbocycles. The topological polar surface area (TPSA) is 53.9 Å². The van der Waals surface area contributed by atoms with E-state index in [1.54, 1.807) is 6.33 Å². The molecule has 2 aromatic heterocycles. The van der Waals surface area contributed by atoms with Crippen LogP contribution in [0, 0.1) is 19.8 Å². The van der Waals surface area contributed by atoms with Crippen molar-refractivity contribution in [3.8, 4) is 0 Å². The van der Waals surface area contributed by atoms with Crippen LogP contribution in [0.1, 0.15) is 23.2 Å². The predicted octanol–water partition coefficient (Wildman–Crippen LogP) is 3.62. The van der Waals surface area contributed by atoms with Gasteiger partial charge in [0.1, 0.15) is 12.1 Å². The van der Waals surface area contributed by atoms with Crippen LogP contribution in [0.5, 0.6) is 0 Å². The van der Waals surface area contributed by atoms with Gasteiger partial charge in [0.05, 0.1) is 5.39 Å². The Morgan fingerprint density at radius 2 is 1.96 bits per heavy atom. The Labute approximate surface area is 160 Å². The molecule has 140 valence electrons. The third kappa shape index (κ3) is 3.93. The summed E-state index contributed by atoms with van der Waals surface area (Å²) < 4.78 is 0. The average molecular weight is 361 g/mol. The van der Waals surface area contributed by atoms with E-state index in [1.165, 1.54) is 11.1 Å². The Kier molecular flexibility index (Phi) is 5.03. The first-order valence-corrected chi connectivity index (χ1v) is 9.68. The van der Waals surface area contributed by atoms with Crippen molar-refractivity contribution in [2.75, 3.05) is 25.5 Å². The molecule has 1 aromatic carbocycles. The Balaban J connectivity index is 1.63. The van der Waals surface area contributed by atoms with E-state index < -0.39 is 0 Å². The van der Waals surface area contributed by atoms with Crippen LogP contribution in [0.2, 0.25) is 0 Å². The van der Waals surface area contributed by atoms with E-state index in [4.69, 9.17) is 0 Å². The Morgan fingerprint density at radius 1 is 1.15 bits per heavy atom. The number of likely N-dealkylation sites (tertiary alicyclic amines) is 1. The molecule has 4 rings (SSSR count). The van der Waals surface area contributed by atoms with Crippen molar-refractivity contribution in [1.82, 2.24) is 19.9 Å². The summed E-state index contributed by atoms with van der Waals surface area (Å²) in [6.07, 6.45) is 3.80. The SMILES string of the molecule is Cc1cc(C)c2c(N[C@@H]3CCN(C)C[C@@H]3Cc3ccccc3)ncnc2n1. The molecular formula is C22H27N5. The van der Waals surface area contributed by atoms with Gasteiger partial charge in [-0.05, 0) is 63.4 Å². The lowest BCUT2D eigenvalue weighted by atomic mass is 9.86. The average Bonchev–Trinajstić information content (AvgIpc) is 2.64. The normalized spacial score (nSPS) is 20.7. The molecule has 1 aliphatic heterocycles. The zero-order valence-corrected chi connectivity index (χ0v) is 16.3. The molecule has 0 amide bonds. The van der Waals surface area contributed by atoms with E-state index in [1.807, 2.05) is 6.92 Å². The molecule has 3 aromatic rings. The van der Waals surface area contributed by atoms with Gasteiger partial charge in [-0.3, -0.25) is 0 Å². The molecule has 0 bridgehead atoms. The summed E-state index contributed by atoms with van der Waals surface area (Å²) in [5.41, 5.74) is 4.34. The number of aromatic nitrogens is 3. The smallest absolute Gasteiger partial charge is 0.165 e. The zero-order chi connectivity index (χ0) is 18.8. The van der Waals surface area contributed by atoms with Crippen LogP contribution in [-0.4, -0.2) is 46.0 Å². The van der Waals surface area contributed by atoms with E-state index in [9.17, 15) is 0 Å². The third-order valence-electron chi connectivity index (χ3n) is 5.53. The quantitative estimate of drug-likeness (QED) is 0.769. The molecule has 1 fully saturated rings. The Bertz CT molecular complexity index is 925. The number of benzene rings is 1. The van der Waals surface area contributed by atoms with Gasteiger partial charge in [-0.1, -0.05) is 30.3 Å². The summed E-state index contributed by atoms with van der Waals surface area (Å²) in [6.45, 7) is 6.31. The molecule has 3 heterocycles. The van der Waals surface area contributed by atoms with Gasteiger partial charge in [0.2, 0.25) is 0 Å². The molecule has 0 aliphatic carbocycles. The van der Waals surface area contributed by atoms with Gasteiger partial charge in [0.15, 0.2) is 5.65 Å². The van der Waals surface area contributed by atoms with Crippen molar-refractivity contribution < 1.29 is 0 Å². The third-order valence-corrected chi connectivity index (χ3v) is 5.53. The summed E-state index contributed by atoms with van der Waals surface area (Å²) in [7, 11) is 2.21.